The standard InChI is InChI=1S/C42H33NO2S.2CH3.Hf/c1-27-22-35(29-14-6-4-7-15-29)40(44)37(24-27)31-18-10-12-20-33(31)39-26-46-42(43(39)3)34-21-13-11-19-32(34)38-25-28(2)23-36(41(38)45)30-16-8-5-9-17-30;;;/h4-26,44-45H,3H2,1-2H3;2*1H3;/q;2*-1;. The van der Waals surface area contributed by atoms with Crippen LogP contribution in [-0.4, -0.2) is 10.2 Å². The maximum absolute atomic E-state index is 11.6. The van der Waals surface area contributed by atoms with Crippen molar-refractivity contribution >= 4 is 11.3 Å². The molecule has 6 aromatic carbocycles. The molecule has 0 radical (unpaired) electrons. The third-order valence-corrected chi connectivity index (χ3v) is 9.44. The van der Waals surface area contributed by atoms with Gasteiger partial charge in [0, 0.05) is 60.7 Å². The Labute approximate surface area is 313 Å². The van der Waals surface area contributed by atoms with E-state index in [1.165, 1.54) is 0 Å². The van der Waals surface area contributed by atoms with Crippen molar-refractivity contribution < 1.29 is 40.6 Å². The van der Waals surface area contributed by atoms with Gasteiger partial charge in [0.05, 0.1) is 0 Å². The minimum absolute atomic E-state index is 0. The van der Waals surface area contributed by atoms with Crippen LogP contribution in [0.25, 0.3) is 66.3 Å². The molecule has 1 aromatic heterocycles. The molecule has 0 atom stereocenters. The molecule has 5 heteroatoms. The zero-order valence-corrected chi connectivity index (χ0v) is 32.6. The molecular weight excluding hydrogens is 785 g/mol. The van der Waals surface area contributed by atoms with Crippen LogP contribution in [0.5, 0.6) is 11.5 Å². The van der Waals surface area contributed by atoms with E-state index in [1.807, 2.05) is 114 Å². The van der Waals surface area contributed by atoms with E-state index in [2.05, 4.69) is 50.5 Å². The van der Waals surface area contributed by atoms with E-state index in [9.17, 15) is 10.2 Å². The van der Waals surface area contributed by atoms with Crippen LogP contribution in [0.3, 0.4) is 0 Å². The Balaban J connectivity index is 0.00000180. The average Bonchev–Trinajstić information content (AvgIpc) is 3.47. The van der Waals surface area contributed by atoms with E-state index in [4.69, 9.17) is 0 Å². The number of benzene rings is 6. The normalized spacial score (nSPS) is 10.4. The summed E-state index contributed by atoms with van der Waals surface area (Å²) in [5.41, 5.74) is 12.0. The van der Waals surface area contributed by atoms with Gasteiger partial charge in [-0.3, -0.25) is 0 Å². The van der Waals surface area contributed by atoms with Crippen molar-refractivity contribution in [3.8, 4) is 77.8 Å². The average molecular weight is 824 g/mol. The fraction of sp³-hybridized carbons (Fsp3) is 0.0455. The quantitative estimate of drug-likeness (QED) is 0.0997. The number of rotatable bonds is 6. The van der Waals surface area contributed by atoms with Crippen molar-refractivity contribution in [3.05, 3.63) is 172 Å². The molecule has 0 aliphatic carbocycles. The number of aromatic hydroxyl groups is 2. The number of hydrogen-bond donors (Lipinski definition) is 2. The molecule has 0 bridgehead atoms. The molecule has 7 rings (SSSR count). The van der Waals surface area contributed by atoms with Crippen molar-refractivity contribution in [3.63, 3.8) is 0 Å². The van der Waals surface area contributed by atoms with Gasteiger partial charge in [0.2, 0.25) is 0 Å². The second-order valence-electron chi connectivity index (χ2n) is 11.6. The molecule has 0 spiro atoms. The Hall–Kier alpha value is -4.71. The number of hydrogen-bond acceptors (Lipinski definition) is 3. The number of phenols is 2. The molecular formula is C44H39HfNO2S-2. The van der Waals surface area contributed by atoms with Gasteiger partial charge in [-0.15, -0.1) is 0 Å². The van der Waals surface area contributed by atoms with Crippen LogP contribution in [0, 0.1) is 35.7 Å². The maximum Gasteiger partial charge on any atom is 0.167 e. The molecule has 0 saturated carbocycles. The first-order chi connectivity index (χ1) is 22.4. The van der Waals surface area contributed by atoms with E-state index in [-0.39, 0.29) is 52.2 Å². The summed E-state index contributed by atoms with van der Waals surface area (Å²) in [7, 11) is 4.52. The van der Waals surface area contributed by atoms with Crippen LogP contribution >= 0.6 is 11.3 Å². The summed E-state index contributed by atoms with van der Waals surface area (Å²) >= 11 is 1.61. The number of phenolic OH excluding ortho intramolecular Hbond substituents is 2. The van der Waals surface area contributed by atoms with E-state index in [0.717, 1.165) is 77.5 Å². The van der Waals surface area contributed by atoms with Gasteiger partial charge in [-0.2, -0.15) is 11.3 Å². The summed E-state index contributed by atoms with van der Waals surface area (Å²) in [4.78, 5) is 0. The van der Waals surface area contributed by atoms with Gasteiger partial charge in [0.25, 0.3) is 0 Å². The van der Waals surface area contributed by atoms with Crippen molar-refractivity contribution in [1.29, 1.82) is 0 Å². The Morgan fingerprint density at radius 1 is 0.490 bits per heavy atom. The largest absolute Gasteiger partial charge is 0.507 e. The van der Waals surface area contributed by atoms with E-state index in [0.29, 0.717) is 0 Å². The molecule has 244 valence electrons. The van der Waals surface area contributed by atoms with E-state index < -0.39 is 0 Å². The zero-order chi connectivity index (χ0) is 31.8. The zero-order valence-electron chi connectivity index (χ0n) is 28.2. The Bertz CT molecular complexity index is 2050. The summed E-state index contributed by atoms with van der Waals surface area (Å²) in [5, 5.41) is 26.3. The maximum atomic E-state index is 11.6. The van der Waals surface area contributed by atoms with Crippen LogP contribution in [0.2, 0.25) is 0 Å². The molecule has 0 aliphatic heterocycles. The van der Waals surface area contributed by atoms with Crippen LogP contribution < -0.4 is 4.57 Å². The number of thiazole rings is 1. The van der Waals surface area contributed by atoms with Crippen molar-refractivity contribution in [2.24, 2.45) is 0 Å². The molecule has 0 amide bonds. The van der Waals surface area contributed by atoms with Gasteiger partial charge in [0.15, 0.2) is 5.01 Å². The fourth-order valence-corrected chi connectivity index (χ4v) is 7.26. The van der Waals surface area contributed by atoms with Crippen molar-refractivity contribution in [2.75, 3.05) is 0 Å². The van der Waals surface area contributed by atoms with Crippen LogP contribution in [-0.2, 0) is 25.8 Å². The summed E-state index contributed by atoms with van der Waals surface area (Å²) in [5.74, 6) is 0.510. The van der Waals surface area contributed by atoms with Crippen molar-refractivity contribution in [2.45, 2.75) is 13.8 Å². The summed E-state index contributed by atoms with van der Waals surface area (Å²) in [6.45, 7) is 4.12. The molecule has 7 aromatic rings. The van der Waals surface area contributed by atoms with Gasteiger partial charge >= 0.3 is 0 Å². The molecule has 2 N–H and O–H groups in total. The Kier molecular flexibility index (Phi) is 11.9. The van der Waals surface area contributed by atoms with Crippen molar-refractivity contribution in [1.82, 2.24) is 0 Å². The number of aryl methyl sites for hydroxylation is 2. The smallest absolute Gasteiger partial charge is 0.167 e. The number of nitrogens with zero attached hydrogens (tertiary/aromatic N) is 1. The topological polar surface area (TPSA) is 44.3 Å². The van der Waals surface area contributed by atoms with Crippen LogP contribution in [0.1, 0.15) is 11.1 Å². The minimum Gasteiger partial charge on any atom is -0.507 e. The first-order valence-corrected chi connectivity index (χ1v) is 16.1. The summed E-state index contributed by atoms with van der Waals surface area (Å²) in [6, 6.07) is 44.5. The van der Waals surface area contributed by atoms with Gasteiger partial charge in [0.1, 0.15) is 17.2 Å². The van der Waals surface area contributed by atoms with Gasteiger partial charge < -0.3 is 29.6 Å². The summed E-state index contributed by atoms with van der Waals surface area (Å²) in [6.07, 6.45) is 0. The van der Waals surface area contributed by atoms with E-state index >= 15 is 0 Å². The van der Waals surface area contributed by atoms with Crippen LogP contribution in [0.4, 0.5) is 0 Å². The van der Waals surface area contributed by atoms with E-state index in [1.54, 1.807) is 11.3 Å². The molecule has 49 heavy (non-hydrogen) atoms. The second-order valence-corrected chi connectivity index (χ2v) is 12.5. The first-order valence-electron chi connectivity index (χ1n) is 15.2. The molecule has 0 saturated heterocycles. The van der Waals surface area contributed by atoms with Gasteiger partial charge in [-0.1, -0.05) is 109 Å². The predicted octanol–water partition coefficient (Wildman–Crippen LogP) is 11.6. The molecule has 0 unspecified atom stereocenters. The Morgan fingerprint density at radius 3 is 1.33 bits per heavy atom. The second kappa shape index (κ2) is 15.7. The monoisotopic (exact) mass is 825 g/mol. The fourth-order valence-electron chi connectivity index (χ4n) is 6.26. The predicted molar refractivity (Wildman–Crippen MR) is 204 cm³/mol. The Morgan fingerprint density at radius 2 is 0.857 bits per heavy atom. The minimum atomic E-state index is 0. The SMILES string of the molecule is [CH2-][n+]1c(-c2ccccc2-c2cc(C)cc(-c3ccccc3)c2O)csc1-c1ccccc1-c1cc(C)cc(-c2ccccc2)c1O.[CH3-].[CH3-].[Hf]. The third-order valence-electron chi connectivity index (χ3n) is 8.44. The summed E-state index contributed by atoms with van der Waals surface area (Å²) < 4.78 is 1.97. The van der Waals surface area contributed by atoms with Gasteiger partial charge in [-0.25, -0.2) is 0 Å². The van der Waals surface area contributed by atoms with Crippen LogP contribution in [0.15, 0.2) is 139 Å². The first kappa shape index (κ1) is 37.1. The molecule has 0 aliphatic rings. The number of aromatic nitrogens is 1. The molecule has 3 nitrogen and oxygen atoms in total. The van der Waals surface area contributed by atoms with Gasteiger partial charge in [-0.05, 0) is 82.4 Å². The molecule has 0 fully saturated rings. The molecule has 1 heterocycles. The third kappa shape index (κ3) is 7.05.